The molecule has 0 aliphatic carbocycles. The van der Waals surface area contributed by atoms with E-state index in [2.05, 4.69) is 0 Å². The first kappa shape index (κ1) is 20.2. The maximum absolute atomic E-state index is 12.5. The average Bonchev–Trinajstić information content (AvgIpc) is 2.91. The average molecular weight is 381 g/mol. The van der Waals surface area contributed by atoms with E-state index >= 15 is 0 Å². The van der Waals surface area contributed by atoms with Gasteiger partial charge in [-0.25, -0.2) is 4.79 Å². The third-order valence-corrected chi connectivity index (χ3v) is 4.87. The zero-order valence-electron chi connectivity index (χ0n) is 15.3. The van der Waals surface area contributed by atoms with Crippen molar-refractivity contribution in [1.82, 2.24) is 4.90 Å². The number of carbonyl (C=O) groups is 3. The van der Waals surface area contributed by atoms with Gasteiger partial charge in [-0.1, -0.05) is 24.4 Å². The summed E-state index contributed by atoms with van der Waals surface area (Å²) in [7, 11) is 1.29. The second-order valence-corrected chi connectivity index (χ2v) is 6.78. The number of benzene rings is 1. The quantitative estimate of drug-likeness (QED) is 0.735. The highest BCUT2D eigenvalue weighted by molar-refractivity contribution is 6.34. The topological polar surface area (TPSA) is 66.9 Å². The molecule has 1 heterocycles. The van der Waals surface area contributed by atoms with E-state index in [0.717, 1.165) is 38.8 Å². The highest BCUT2D eigenvalue weighted by Gasteiger charge is 2.21. The molecular formula is C19H25ClN2O4. The van der Waals surface area contributed by atoms with Gasteiger partial charge in [0, 0.05) is 33.0 Å². The fourth-order valence-electron chi connectivity index (χ4n) is 3.10. The lowest BCUT2D eigenvalue weighted by molar-refractivity contribution is -0.131. The SMILES string of the molecule is COC(=O)c1ccc(Cl)c(N(CCC(=O)N2CCCCCC2)C(C)=O)c1. The molecule has 26 heavy (non-hydrogen) atoms. The molecule has 1 aromatic rings. The Kier molecular flexibility index (Phi) is 7.45. The van der Waals surface area contributed by atoms with Crippen molar-refractivity contribution in [3.8, 4) is 0 Å². The van der Waals surface area contributed by atoms with E-state index in [1.165, 1.54) is 25.0 Å². The normalized spacial score (nSPS) is 14.5. The van der Waals surface area contributed by atoms with E-state index in [1.54, 1.807) is 12.1 Å². The molecule has 0 saturated carbocycles. The highest BCUT2D eigenvalue weighted by atomic mass is 35.5. The zero-order valence-corrected chi connectivity index (χ0v) is 16.1. The lowest BCUT2D eigenvalue weighted by atomic mass is 10.1. The number of hydrogen-bond donors (Lipinski definition) is 0. The fraction of sp³-hybridized carbons (Fsp3) is 0.526. The van der Waals surface area contributed by atoms with E-state index in [4.69, 9.17) is 16.3 Å². The van der Waals surface area contributed by atoms with Crippen molar-refractivity contribution in [1.29, 1.82) is 0 Å². The minimum atomic E-state index is -0.507. The smallest absolute Gasteiger partial charge is 0.337 e. The number of carbonyl (C=O) groups excluding carboxylic acids is 3. The summed E-state index contributed by atoms with van der Waals surface area (Å²) in [6.07, 6.45) is 4.57. The number of ether oxygens (including phenoxy) is 1. The molecule has 2 amide bonds. The highest BCUT2D eigenvalue weighted by Crippen LogP contribution is 2.28. The number of likely N-dealkylation sites (tertiary alicyclic amines) is 1. The van der Waals surface area contributed by atoms with Crippen molar-refractivity contribution in [3.05, 3.63) is 28.8 Å². The Morgan fingerprint density at radius 1 is 1.15 bits per heavy atom. The summed E-state index contributed by atoms with van der Waals surface area (Å²) in [4.78, 5) is 39.7. The molecule has 2 rings (SSSR count). The Hall–Kier alpha value is -2.08. The van der Waals surface area contributed by atoms with Crippen molar-refractivity contribution < 1.29 is 19.1 Å². The van der Waals surface area contributed by atoms with Gasteiger partial charge in [-0.15, -0.1) is 0 Å². The molecule has 7 heteroatoms. The summed E-state index contributed by atoms with van der Waals surface area (Å²) in [5.74, 6) is -0.706. The Morgan fingerprint density at radius 2 is 1.81 bits per heavy atom. The lowest BCUT2D eigenvalue weighted by Crippen LogP contribution is -2.37. The number of anilines is 1. The summed E-state index contributed by atoms with van der Waals surface area (Å²) in [5.41, 5.74) is 0.711. The third kappa shape index (κ3) is 5.21. The van der Waals surface area contributed by atoms with Crippen LogP contribution in [0, 0.1) is 0 Å². The van der Waals surface area contributed by atoms with Gasteiger partial charge in [0.05, 0.1) is 23.4 Å². The first-order valence-electron chi connectivity index (χ1n) is 8.87. The van der Waals surface area contributed by atoms with Gasteiger partial charge in [0.1, 0.15) is 0 Å². The minimum Gasteiger partial charge on any atom is -0.465 e. The van der Waals surface area contributed by atoms with Gasteiger partial charge in [0.15, 0.2) is 0 Å². The van der Waals surface area contributed by atoms with Crippen LogP contribution in [0.2, 0.25) is 5.02 Å². The van der Waals surface area contributed by atoms with E-state index in [1.807, 2.05) is 4.90 Å². The molecule has 0 N–H and O–H groups in total. The molecule has 1 fully saturated rings. The summed E-state index contributed by atoms with van der Waals surface area (Å²) in [5, 5.41) is 0.343. The lowest BCUT2D eigenvalue weighted by Gasteiger charge is -2.25. The summed E-state index contributed by atoms with van der Waals surface area (Å²) < 4.78 is 4.71. The number of esters is 1. The van der Waals surface area contributed by atoms with E-state index in [0.29, 0.717) is 16.3 Å². The van der Waals surface area contributed by atoms with Crippen LogP contribution in [0.15, 0.2) is 18.2 Å². The Balaban J connectivity index is 2.12. The van der Waals surface area contributed by atoms with Crippen LogP contribution in [0.25, 0.3) is 0 Å². The molecule has 0 spiro atoms. The molecule has 0 bridgehead atoms. The van der Waals surface area contributed by atoms with Gasteiger partial charge in [0.25, 0.3) is 0 Å². The van der Waals surface area contributed by atoms with Crippen LogP contribution in [0.5, 0.6) is 0 Å². The fourth-order valence-corrected chi connectivity index (χ4v) is 3.32. The Labute approximate surface area is 159 Å². The molecule has 1 aliphatic heterocycles. The molecule has 0 unspecified atom stereocenters. The van der Waals surface area contributed by atoms with Gasteiger partial charge in [-0.3, -0.25) is 9.59 Å². The molecule has 1 saturated heterocycles. The van der Waals surface area contributed by atoms with E-state index < -0.39 is 5.97 Å². The van der Waals surface area contributed by atoms with Crippen LogP contribution in [0.4, 0.5) is 5.69 Å². The van der Waals surface area contributed by atoms with Crippen LogP contribution >= 0.6 is 11.6 Å². The second-order valence-electron chi connectivity index (χ2n) is 6.37. The van der Waals surface area contributed by atoms with E-state index in [-0.39, 0.29) is 24.8 Å². The number of methoxy groups -OCH3 is 1. The minimum absolute atomic E-state index is 0.0402. The predicted octanol–water partition coefficient (Wildman–Crippen LogP) is 3.27. The van der Waals surface area contributed by atoms with Gasteiger partial charge in [0.2, 0.25) is 11.8 Å². The van der Waals surface area contributed by atoms with Crippen molar-refractivity contribution >= 4 is 35.1 Å². The van der Waals surface area contributed by atoms with Crippen molar-refractivity contribution in [2.45, 2.75) is 39.0 Å². The standard InChI is InChI=1S/C19H25ClN2O4/c1-14(23)22(12-9-18(24)21-10-5-3-4-6-11-21)17-13-15(19(25)26-2)7-8-16(17)20/h7-8,13H,3-6,9-12H2,1-2H3. The van der Waals surface area contributed by atoms with Crippen molar-refractivity contribution in [2.75, 3.05) is 31.6 Å². The van der Waals surface area contributed by atoms with Crippen molar-refractivity contribution in [3.63, 3.8) is 0 Å². The summed E-state index contributed by atoms with van der Waals surface area (Å²) >= 11 is 6.23. The first-order chi connectivity index (χ1) is 12.4. The zero-order chi connectivity index (χ0) is 19.1. The number of hydrogen-bond acceptors (Lipinski definition) is 4. The molecule has 142 valence electrons. The molecule has 0 aromatic heterocycles. The van der Waals surface area contributed by atoms with Crippen LogP contribution in [0.3, 0.4) is 0 Å². The van der Waals surface area contributed by atoms with E-state index in [9.17, 15) is 14.4 Å². The van der Waals surface area contributed by atoms with Gasteiger partial charge >= 0.3 is 5.97 Å². The molecule has 1 aromatic carbocycles. The Morgan fingerprint density at radius 3 is 2.38 bits per heavy atom. The maximum atomic E-state index is 12.5. The molecule has 0 atom stereocenters. The first-order valence-corrected chi connectivity index (χ1v) is 9.25. The van der Waals surface area contributed by atoms with Gasteiger partial charge in [-0.2, -0.15) is 0 Å². The van der Waals surface area contributed by atoms with Crippen LogP contribution < -0.4 is 4.90 Å². The largest absolute Gasteiger partial charge is 0.465 e. The molecule has 0 radical (unpaired) electrons. The van der Waals surface area contributed by atoms with Gasteiger partial charge < -0.3 is 14.5 Å². The monoisotopic (exact) mass is 380 g/mol. The number of nitrogens with zero attached hydrogens (tertiary/aromatic N) is 2. The number of rotatable bonds is 5. The molecule has 1 aliphatic rings. The van der Waals surface area contributed by atoms with Crippen LogP contribution in [-0.4, -0.2) is 49.4 Å². The number of amides is 2. The van der Waals surface area contributed by atoms with Gasteiger partial charge in [-0.05, 0) is 31.0 Å². The second kappa shape index (κ2) is 9.57. The molecular weight excluding hydrogens is 356 g/mol. The maximum Gasteiger partial charge on any atom is 0.337 e. The van der Waals surface area contributed by atoms with Crippen molar-refractivity contribution in [2.24, 2.45) is 0 Å². The predicted molar refractivity (Wildman–Crippen MR) is 100 cm³/mol. The third-order valence-electron chi connectivity index (χ3n) is 4.55. The summed E-state index contributed by atoms with van der Waals surface area (Å²) in [6.45, 7) is 3.18. The Bertz CT molecular complexity index is 670. The van der Waals surface area contributed by atoms with Crippen LogP contribution in [-0.2, 0) is 14.3 Å². The van der Waals surface area contributed by atoms with Crippen LogP contribution in [0.1, 0.15) is 49.4 Å². The number of halogens is 1. The molecule has 6 nitrogen and oxygen atoms in total. The summed E-state index contributed by atoms with van der Waals surface area (Å²) in [6, 6.07) is 4.61.